The summed E-state index contributed by atoms with van der Waals surface area (Å²) < 4.78 is 61.0. The van der Waals surface area contributed by atoms with Crippen molar-refractivity contribution in [3.63, 3.8) is 0 Å². The van der Waals surface area contributed by atoms with Gasteiger partial charge in [-0.05, 0) is 25.0 Å². The summed E-state index contributed by atoms with van der Waals surface area (Å²) in [5, 5.41) is 4.67. The number of carbonyl (C=O) groups is 1. The molecule has 1 aliphatic heterocycles. The molecular formula is C13H15F3N2O3S. The van der Waals surface area contributed by atoms with E-state index in [1.54, 1.807) is 0 Å². The van der Waals surface area contributed by atoms with Gasteiger partial charge in [-0.2, -0.15) is 13.2 Å². The standard InChI is InChI=1S/C13H15F3N2O3S/c14-13(15,16)10-3-1-2-4-11(10)18-12(19)17-9-5-7-22(20,21)8-6-9/h1-4,9H,5-8H2,(H2,17,18,19). The molecule has 0 spiro atoms. The van der Waals surface area contributed by atoms with E-state index in [2.05, 4.69) is 10.6 Å². The first-order valence-electron chi connectivity index (χ1n) is 6.61. The van der Waals surface area contributed by atoms with Gasteiger partial charge in [0.2, 0.25) is 0 Å². The Hall–Kier alpha value is -1.77. The first kappa shape index (κ1) is 16.6. The summed E-state index contributed by atoms with van der Waals surface area (Å²) >= 11 is 0. The van der Waals surface area contributed by atoms with E-state index in [1.807, 2.05) is 0 Å². The predicted molar refractivity (Wildman–Crippen MR) is 75.3 cm³/mol. The molecule has 2 N–H and O–H groups in total. The number of carbonyl (C=O) groups excluding carboxylic acids is 1. The Morgan fingerprint density at radius 1 is 1.14 bits per heavy atom. The maximum absolute atomic E-state index is 12.8. The van der Waals surface area contributed by atoms with Gasteiger partial charge in [0.25, 0.3) is 0 Å². The molecule has 0 aliphatic carbocycles. The van der Waals surface area contributed by atoms with Crippen LogP contribution in [0.2, 0.25) is 0 Å². The number of halogens is 3. The molecular weight excluding hydrogens is 321 g/mol. The lowest BCUT2D eigenvalue weighted by atomic mass is 10.1. The van der Waals surface area contributed by atoms with Crippen LogP contribution in [0.5, 0.6) is 0 Å². The predicted octanol–water partition coefficient (Wildman–Crippen LogP) is 2.40. The summed E-state index contributed by atoms with van der Waals surface area (Å²) in [5.74, 6) is -0.0613. The van der Waals surface area contributed by atoms with Crippen LogP contribution in [0, 0.1) is 0 Å². The van der Waals surface area contributed by atoms with Crippen molar-refractivity contribution in [2.75, 3.05) is 16.8 Å². The molecule has 1 aromatic carbocycles. The number of anilines is 1. The number of sulfone groups is 1. The second-order valence-corrected chi connectivity index (χ2v) is 7.37. The maximum Gasteiger partial charge on any atom is 0.418 e. The number of hydrogen-bond donors (Lipinski definition) is 2. The lowest BCUT2D eigenvalue weighted by Gasteiger charge is -2.23. The van der Waals surface area contributed by atoms with Gasteiger partial charge in [-0.15, -0.1) is 0 Å². The molecule has 1 aromatic rings. The third-order valence-electron chi connectivity index (χ3n) is 3.37. The van der Waals surface area contributed by atoms with Crippen molar-refractivity contribution in [3.8, 4) is 0 Å². The lowest BCUT2D eigenvalue weighted by molar-refractivity contribution is -0.136. The Labute approximate surface area is 125 Å². The molecule has 0 unspecified atom stereocenters. The highest BCUT2D eigenvalue weighted by Crippen LogP contribution is 2.34. The SMILES string of the molecule is O=C(Nc1ccccc1C(F)(F)F)NC1CCS(=O)(=O)CC1. The molecule has 2 amide bonds. The van der Waals surface area contributed by atoms with Crippen LogP contribution in [0.15, 0.2) is 24.3 Å². The summed E-state index contributed by atoms with van der Waals surface area (Å²) in [4.78, 5) is 11.8. The van der Waals surface area contributed by atoms with Gasteiger partial charge in [0.15, 0.2) is 0 Å². The number of benzene rings is 1. The van der Waals surface area contributed by atoms with Crippen LogP contribution in [0.4, 0.5) is 23.7 Å². The molecule has 1 fully saturated rings. The van der Waals surface area contributed by atoms with Crippen molar-refractivity contribution >= 4 is 21.6 Å². The number of hydrogen-bond acceptors (Lipinski definition) is 3. The van der Waals surface area contributed by atoms with Gasteiger partial charge in [-0.1, -0.05) is 12.1 Å². The zero-order valence-electron chi connectivity index (χ0n) is 11.5. The largest absolute Gasteiger partial charge is 0.418 e. The second kappa shape index (κ2) is 6.15. The number of urea groups is 1. The average Bonchev–Trinajstić information content (AvgIpc) is 2.40. The number of para-hydroxylation sites is 1. The Morgan fingerprint density at radius 3 is 2.32 bits per heavy atom. The van der Waals surface area contributed by atoms with E-state index in [0.717, 1.165) is 12.1 Å². The summed E-state index contributed by atoms with van der Waals surface area (Å²) in [6.45, 7) is 0. The van der Waals surface area contributed by atoms with Crippen LogP contribution in [0.25, 0.3) is 0 Å². The topological polar surface area (TPSA) is 75.3 Å². The minimum atomic E-state index is -4.57. The molecule has 1 heterocycles. The van der Waals surface area contributed by atoms with Crippen molar-refractivity contribution in [1.29, 1.82) is 0 Å². The van der Waals surface area contributed by atoms with Crippen LogP contribution < -0.4 is 10.6 Å². The van der Waals surface area contributed by atoms with Gasteiger partial charge < -0.3 is 10.6 Å². The van der Waals surface area contributed by atoms with Crippen molar-refractivity contribution in [3.05, 3.63) is 29.8 Å². The van der Waals surface area contributed by atoms with E-state index in [4.69, 9.17) is 0 Å². The number of alkyl halides is 3. The van der Waals surface area contributed by atoms with E-state index in [1.165, 1.54) is 12.1 Å². The number of nitrogens with one attached hydrogen (secondary N) is 2. The molecule has 1 saturated heterocycles. The zero-order chi connectivity index (χ0) is 16.4. The van der Waals surface area contributed by atoms with Gasteiger partial charge in [0.1, 0.15) is 9.84 Å². The van der Waals surface area contributed by atoms with Crippen LogP contribution in [-0.4, -0.2) is 32.0 Å². The third kappa shape index (κ3) is 4.36. The van der Waals surface area contributed by atoms with Gasteiger partial charge in [0, 0.05) is 6.04 Å². The molecule has 22 heavy (non-hydrogen) atoms. The van der Waals surface area contributed by atoms with Crippen molar-refractivity contribution in [2.45, 2.75) is 25.1 Å². The Morgan fingerprint density at radius 2 is 1.73 bits per heavy atom. The van der Waals surface area contributed by atoms with Crippen LogP contribution in [0.1, 0.15) is 18.4 Å². The molecule has 0 aromatic heterocycles. The van der Waals surface area contributed by atoms with Gasteiger partial charge in [0.05, 0.1) is 22.8 Å². The van der Waals surface area contributed by atoms with Crippen molar-refractivity contribution in [2.24, 2.45) is 0 Å². The number of rotatable bonds is 2. The van der Waals surface area contributed by atoms with Crippen LogP contribution in [0.3, 0.4) is 0 Å². The normalized spacial score (nSPS) is 18.7. The molecule has 9 heteroatoms. The quantitative estimate of drug-likeness (QED) is 0.871. The van der Waals surface area contributed by atoms with E-state index in [9.17, 15) is 26.4 Å². The van der Waals surface area contributed by atoms with Gasteiger partial charge in [-0.3, -0.25) is 0 Å². The first-order valence-corrected chi connectivity index (χ1v) is 8.44. The highest BCUT2D eigenvalue weighted by Gasteiger charge is 2.33. The Kier molecular flexibility index (Phi) is 4.64. The van der Waals surface area contributed by atoms with Gasteiger partial charge in [-0.25, -0.2) is 13.2 Å². The summed E-state index contributed by atoms with van der Waals surface area (Å²) in [5.41, 5.74) is -1.27. The highest BCUT2D eigenvalue weighted by atomic mass is 32.2. The molecule has 0 saturated carbocycles. The third-order valence-corrected chi connectivity index (χ3v) is 5.09. The van der Waals surface area contributed by atoms with Crippen LogP contribution >= 0.6 is 0 Å². The number of amides is 2. The molecule has 1 aliphatic rings. The maximum atomic E-state index is 12.8. The van der Waals surface area contributed by atoms with E-state index in [-0.39, 0.29) is 36.1 Å². The van der Waals surface area contributed by atoms with Crippen molar-refractivity contribution < 1.29 is 26.4 Å². The van der Waals surface area contributed by atoms with E-state index in [0.29, 0.717) is 0 Å². The average molecular weight is 336 g/mol. The fraction of sp³-hybridized carbons (Fsp3) is 0.462. The van der Waals surface area contributed by atoms with Gasteiger partial charge >= 0.3 is 12.2 Å². The molecule has 5 nitrogen and oxygen atoms in total. The Bertz CT molecular complexity index is 645. The minimum absolute atomic E-state index is 0.0307. The second-order valence-electron chi connectivity index (χ2n) is 5.07. The van der Waals surface area contributed by atoms with Crippen molar-refractivity contribution in [1.82, 2.24) is 5.32 Å². The van der Waals surface area contributed by atoms with Crippen LogP contribution in [-0.2, 0) is 16.0 Å². The van der Waals surface area contributed by atoms with E-state index >= 15 is 0 Å². The fourth-order valence-electron chi connectivity index (χ4n) is 2.22. The molecule has 2 rings (SSSR count). The Balaban J connectivity index is 1.99. The summed E-state index contributed by atoms with van der Waals surface area (Å²) in [7, 11) is -3.06. The van der Waals surface area contributed by atoms with E-state index < -0.39 is 27.6 Å². The monoisotopic (exact) mass is 336 g/mol. The smallest absolute Gasteiger partial charge is 0.335 e. The molecule has 0 atom stereocenters. The molecule has 0 radical (unpaired) electrons. The molecule has 122 valence electrons. The lowest BCUT2D eigenvalue weighted by Crippen LogP contribution is -2.43. The molecule has 0 bridgehead atoms. The fourth-order valence-corrected chi connectivity index (χ4v) is 3.71. The highest BCUT2D eigenvalue weighted by molar-refractivity contribution is 7.91. The minimum Gasteiger partial charge on any atom is -0.335 e. The first-order chi connectivity index (χ1) is 10.2. The zero-order valence-corrected chi connectivity index (χ0v) is 12.3. The summed E-state index contributed by atoms with van der Waals surface area (Å²) in [6, 6.07) is 3.52. The summed E-state index contributed by atoms with van der Waals surface area (Å²) in [6.07, 6.45) is -4.05.